The largest absolute Gasteiger partial charge is 0.384 e. The van der Waals surface area contributed by atoms with Crippen molar-refractivity contribution in [2.45, 2.75) is 6.42 Å². The van der Waals surface area contributed by atoms with Crippen LogP contribution in [-0.2, 0) is 0 Å². The van der Waals surface area contributed by atoms with Gasteiger partial charge in [0, 0.05) is 12.2 Å². The third-order valence-corrected chi connectivity index (χ3v) is 1.79. The maximum Gasteiger partial charge on any atom is 0.143 e. The van der Waals surface area contributed by atoms with Gasteiger partial charge in [0.15, 0.2) is 0 Å². The molecule has 2 nitrogen and oxygen atoms in total. The van der Waals surface area contributed by atoms with Crippen LogP contribution in [0.2, 0.25) is 5.02 Å². The topological polar surface area (TPSA) is 35.8 Å². The Kier molecular flexibility index (Phi) is 3.53. The Morgan fingerprint density at radius 3 is 2.92 bits per heavy atom. The molecule has 1 N–H and O–H groups in total. The van der Waals surface area contributed by atoms with E-state index in [1.54, 1.807) is 6.07 Å². The third-order valence-electron chi connectivity index (χ3n) is 1.49. The predicted octanol–water partition coefficient (Wildman–Crippen LogP) is 2.80. The second kappa shape index (κ2) is 4.68. The number of hydrogen-bond donors (Lipinski definition) is 1. The van der Waals surface area contributed by atoms with Crippen LogP contribution in [-0.4, -0.2) is 6.54 Å². The van der Waals surface area contributed by atoms with Gasteiger partial charge in [0.25, 0.3) is 0 Å². The first kappa shape index (κ1) is 9.82. The zero-order chi connectivity index (χ0) is 9.68. The summed E-state index contributed by atoms with van der Waals surface area (Å²) in [5.41, 5.74) is 0.636. The van der Waals surface area contributed by atoms with Crippen molar-refractivity contribution in [2.24, 2.45) is 0 Å². The van der Waals surface area contributed by atoms with Crippen molar-refractivity contribution >= 4 is 17.3 Å². The molecule has 68 valence electrons. The van der Waals surface area contributed by atoms with Crippen molar-refractivity contribution in [1.82, 2.24) is 0 Å². The second-order valence-electron chi connectivity index (χ2n) is 2.46. The van der Waals surface area contributed by atoms with E-state index in [9.17, 15) is 4.39 Å². The number of benzene rings is 1. The number of hydrogen-bond acceptors (Lipinski definition) is 2. The van der Waals surface area contributed by atoms with E-state index in [4.69, 9.17) is 16.9 Å². The average molecular weight is 199 g/mol. The summed E-state index contributed by atoms with van der Waals surface area (Å²) < 4.78 is 12.9. The van der Waals surface area contributed by atoms with E-state index in [0.717, 1.165) is 0 Å². The van der Waals surface area contributed by atoms with Gasteiger partial charge in [-0.05, 0) is 18.2 Å². The molecule has 1 aromatic rings. The van der Waals surface area contributed by atoms with Crippen LogP contribution < -0.4 is 5.32 Å². The van der Waals surface area contributed by atoms with Gasteiger partial charge in [0.05, 0.1) is 17.5 Å². The molecular formula is C9H8ClFN2. The number of nitrogens with zero attached hydrogens (tertiary/aromatic N) is 1. The summed E-state index contributed by atoms with van der Waals surface area (Å²) in [6, 6.07) is 6.43. The fourth-order valence-electron chi connectivity index (χ4n) is 0.869. The number of nitrogens with one attached hydrogen (secondary N) is 1. The molecule has 0 aliphatic heterocycles. The molecule has 0 aromatic heterocycles. The lowest BCUT2D eigenvalue weighted by molar-refractivity contribution is 0.628. The molecular weight excluding hydrogens is 191 g/mol. The van der Waals surface area contributed by atoms with Crippen LogP contribution in [0.5, 0.6) is 0 Å². The summed E-state index contributed by atoms with van der Waals surface area (Å²) in [7, 11) is 0. The molecule has 0 spiro atoms. The molecule has 0 heterocycles. The first-order chi connectivity index (χ1) is 6.24. The minimum Gasteiger partial charge on any atom is -0.384 e. The smallest absolute Gasteiger partial charge is 0.143 e. The molecule has 0 radical (unpaired) electrons. The van der Waals surface area contributed by atoms with Gasteiger partial charge in [-0.1, -0.05) is 11.6 Å². The van der Waals surface area contributed by atoms with Crippen molar-refractivity contribution in [3.8, 4) is 6.07 Å². The van der Waals surface area contributed by atoms with Crippen LogP contribution >= 0.6 is 11.6 Å². The Morgan fingerprint density at radius 2 is 2.31 bits per heavy atom. The molecule has 0 amide bonds. The second-order valence-corrected chi connectivity index (χ2v) is 2.87. The van der Waals surface area contributed by atoms with E-state index in [2.05, 4.69) is 5.32 Å². The van der Waals surface area contributed by atoms with E-state index in [1.165, 1.54) is 12.1 Å². The van der Waals surface area contributed by atoms with E-state index in [-0.39, 0.29) is 5.02 Å². The molecule has 4 heteroatoms. The van der Waals surface area contributed by atoms with E-state index in [1.807, 2.05) is 6.07 Å². The van der Waals surface area contributed by atoms with Gasteiger partial charge in [0.1, 0.15) is 5.82 Å². The molecule has 0 unspecified atom stereocenters. The van der Waals surface area contributed by atoms with Gasteiger partial charge in [-0.15, -0.1) is 0 Å². The Morgan fingerprint density at radius 1 is 1.54 bits per heavy atom. The van der Waals surface area contributed by atoms with Crippen molar-refractivity contribution in [3.63, 3.8) is 0 Å². The molecule has 1 rings (SSSR count). The minimum absolute atomic E-state index is 0.103. The Labute approximate surface area is 80.9 Å². The minimum atomic E-state index is -0.455. The SMILES string of the molecule is N#CCCNc1ccc(Cl)c(F)c1. The Bertz CT molecular complexity index is 333. The molecule has 0 aliphatic carbocycles. The zero-order valence-corrected chi connectivity index (χ0v) is 7.61. The van der Waals surface area contributed by atoms with Gasteiger partial charge >= 0.3 is 0 Å². The molecule has 0 saturated carbocycles. The summed E-state index contributed by atoms with van der Waals surface area (Å²) in [5, 5.41) is 11.3. The number of rotatable bonds is 3. The van der Waals surface area contributed by atoms with Crippen LogP contribution in [0.25, 0.3) is 0 Å². The van der Waals surface area contributed by atoms with Crippen molar-refractivity contribution < 1.29 is 4.39 Å². The molecule has 0 saturated heterocycles. The average Bonchev–Trinajstić information content (AvgIpc) is 2.12. The third kappa shape index (κ3) is 2.92. The van der Waals surface area contributed by atoms with E-state index < -0.39 is 5.82 Å². The van der Waals surface area contributed by atoms with Gasteiger partial charge in [-0.25, -0.2) is 4.39 Å². The van der Waals surface area contributed by atoms with Crippen molar-refractivity contribution in [1.29, 1.82) is 5.26 Å². The van der Waals surface area contributed by atoms with Crippen LogP contribution in [0, 0.1) is 17.1 Å². The van der Waals surface area contributed by atoms with Gasteiger partial charge in [0.2, 0.25) is 0 Å². The van der Waals surface area contributed by atoms with Crippen LogP contribution in [0.1, 0.15) is 6.42 Å². The van der Waals surface area contributed by atoms with Gasteiger partial charge in [-0.3, -0.25) is 0 Å². The Hall–Kier alpha value is -1.27. The monoisotopic (exact) mass is 198 g/mol. The molecule has 1 aromatic carbocycles. The van der Waals surface area contributed by atoms with E-state index in [0.29, 0.717) is 18.7 Å². The van der Waals surface area contributed by atoms with Crippen molar-refractivity contribution in [2.75, 3.05) is 11.9 Å². The standard InChI is InChI=1S/C9H8ClFN2/c10-8-3-2-7(6-9(8)11)13-5-1-4-12/h2-3,6,13H,1,5H2. The lowest BCUT2D eigenvalue weighted by Crippen LogP contribution is -2.00. The summed E-state index contributed by atoms with van der Waals surface area (Å²) >= 11 is 5.49. The highest BCUT2D eigenvalue weighted by Gasteiger charge is 1.99. The summed E-state index contributed by atoms with van der Waals surface area (Å²) in [5.74, 6) is -0.455. The summed E-state index contributed by atoms with van der Waals surface area (Å²) in [4.78, 5) is 0. The van der Waals surface area contributed by atoms with Gasteiger partial charge < -0.3 is 5.32 Å². The molecule has 0 aliphatic rings. The first-order valence-corrected chi connectivity index (χ1v) is 4.17. The highest BCUT2D eigenvalue weighted by molar-refractivity contribution is 6.30. The van der Waals surface area contributed by atoms with Crippen LogP contribution in [0.15, 0.2) is 18.2 Å². The maximum absolute atomic E-state index is 12.9. The predicted molar refractivity (Wildman–Crippen MR) is 50.1 cm³/mol. The fourth-order valence-corrected chi connectivity index (χ4v) is 0.986. The lowest BCUT2D eigenvalue weighted by atomic mass is 10.3. The lowest BCUT2D eigenvalue weighted by Gasteiger charge is -2.03. The maximum atomic E-state index is 12.9. The summed E-state index contributed by atoms with van der Waals surface area (Å²) in [6.07, 6.45) is 0.393. The number of nitriles is 1. The molecule has 0 bridgehead atoms. The first-order valence-electron chi connectivity index (χ1n) is 3.80. The van der Waals surface area contributed by atoms with E-state index >= 15 is 0 Å². The molecule has 0 fully saturated rings. The van der Waals surface area contributed by atoms with Crippen LogP contribution in [0.3, 0.4) is 0 Å². The Balaban J connectivity index is 2.59. The highest BCUT2D eigenvalue weighted by atomic mass is 35.5. The highest BCUT2D eigenvalue weighted by Crippen LogP contribution is 2.18. The number of anilines is 1. The quantitative estimate of drug-likeness (QED) is 0.759. The van der Waals surface area contributed by atoms with Crippen molar-refractivity contribution in [3.05, 3.63) is 29.0 Å². The van der Waals surface area contributed by atoms with Gasteiger partial charge in [-0.2, -0.15) is 5.26 Å². The zero-order valence-electron chi connectivity index (χ0n) is 6.85. The molecule has 13 heavy (non-hydrogen) atoms. The molecule has 0 atom stereocenters. The number of halogens is 2. The summed E-state index contributed by atoms with van der Waals surface area (Å²) in [6.45, 7) is 0.511. The fraction of sp³-hybridized carbons (Fsp3) is 0.222. The van der Waals surface area contributed by atoms with Crippen LogP contribution in [0.4, 0.5) is 10.1 Å². The normalized spacial score (nSPS) is 9.31.